The molecule has 1 heterocycles. The number of hydrogen-bond acceptors (Lipinski definition) is 6. The van der Waals surface area contributed by atoms with Crippen LogP contribution in [0, 0.1) is 17.0 Å². The number of halogens is 5. The fourth-order valence-electron chi connectivity index (χ4n) is 4.12. The summed E-state index contributed by atoms with van der Waals surface area (Å²) >= 11 is 0. The molecule has 0 saturated heterocycles. The topological polar surface area (TPSA) is 119 Å². The monoisotopic (exact) mass is 528 g/mol. The van der Waals surface area contributed by atoms with Crippen LogP contribution < -0.4 is 11.1 Å². The van der Waals surface area contributed by atoms with E-state index in [1.54, 1.807) is 12.1 Å². The van der Waals surface area contributed by atoms with E-state index in [9.17, 15) is 36.6 Å². The summed E-state index contributed by atoms with van der Waals surface area (Å²) in [5.41, 5.74) is 6.12. The molecule has 1 amide bonds. The van der Waals surface area contributed by atoms with E-state index in [1.165, 1.54) is 23.0 Å². The van der Waals surface area contributed by atoms with Gasteiger partial charge in [-0.05, 0) is 37.1 Å². The Labute approximate surface area is 208 Å². The number of nitrogens with zero attached hydrogens (tertiary/aromatic N) is 2. The van der Waals surface area contributed by atoms with Crippen molar-refractivity contribution in [1.82, 2.24) is 9.78 Å². The Balaban J connectivity index is 0.000000414. The normalized spacial score (nSPS) is 14.7. The van der Waals surface area contributed by atoms with Crippen LogP contribution in [-0.2, 0) is 9.53 Å². The quantitative estimate of drug-likeness (QED) is 0.328. The van der Waals surface area contributed by atoms with Gasteiger partial charge in [0.05, 0.1) is 30.7 Å². The standard InChI is InChI=1S/C21H22F2N4O2.C3H3F3O2/c22-14-7-13-10-27(26-19(13)16(8-14)20(24)29)15-3-4-18(17(23)9-15)25-11-21(12-28)5-1-2-6-21;1-8-2(7)3(4,5)6/h3-4,7-10,25,28H,1-2,5-6,11-12H2,(H2,24,29);1H3. The Morgan fingerprint density at radius 2 is 1.86 bits per heavy atom. The number of esters is 1. The SMILES string of the molecule is COC(=O)C(F)(F)F.NC(=O)c1cc(F)cc2cn(-c3ccc(NCC4(CO)CCCC4)c(F)c3)nc12. The van der Waals surface area contributed by atoms with Crippen LogP contribution in [0.1, 0.15) is 36.0 Å². The number of anilines is 1. The number of aliphatic hydroxyl groups is 1. The number of aliphatic hydroxyl groups excluding tert-OH is 1. The molecular weight excluding hydrogens is 503 g/mol. The zero-order chi connectivity index (χ0) is 27.4. The number of alkyl halides is 3. The summed E-state index contributed by atoms with van der Waals surface area (Å²) in [7, 11) is 0.676. The predicted octanol–water partition coefficient (Wildman–Crippen LogP) is 4.09. The molecule has 4 N–H and O–H groups in total. The highest BCUT2D eigenvalue weighted by molar-refractivity contribution is 6.04. The third kappa shape index (κ3) is 6.53. The molecule has 0 radical (unpaired) electrons. The molecule has 2 aromatic carbocycles. The molecular formula is C24H25F5N4O4. The summed E-state index contributed by atoms with van der Waals surface area (Å²) in [6.45, 7) is 0.588. The Bertz CT molecular complexity index is 1290. The number of benzene rings is 2. The van der Waals surface area contributed by atoms with Crippen LogP contribution in [0.2, 0.25) is 0 Å². The fraction of sp³-hybridized carbons (Fsp3) is 0.375. The summed E-state index contributed by atoms with van der Waals surface area (Å²) in [5.74, 6) is -4.01. The molecule has 0 spiro atoms. The fourth-order valence-corrected chi connectivity index (χ4v) is 4.12. The minimum absolute atomic E-state index is 0.0247. The number of nitrogens with two attached hydrogens (primary N) is 1. The van der Waals surface area contributed by atoms with E-state index in [2.05, 4.69) is 15.2 Å². The molecule has 3 aromatic rings. The smallest absolute Gasteiger partial charge is 0.462 e. The van der Waals surface area contributed by atoms with Gasteiger partial charge in [0, 0.05) is 29.6 Å². The maximum Gasteiger partial charge on any atom is 0.490 e. The molecule has 200 valence electrons. The van der Waals surface area contributed by atoms with Crippen LogP contribution in [0.25, 0.3) is 16.6 Å². The van der Waals surface area contributed by atoms with Gasteiger partial charge in [0.25, 0.3) is 5.91 Å². The molecule has 37 heavy (non-hydrogen) atoms. The van der Waals surface area contributed by atoms with Crippen molar-refractivity contribution in [3.63, 3.8) is 0 Å². The van der Waals surface area contributed by atoms with Crippen molar-refractivity contribution in [3.8, 4) is 5.69 Å². The predicted molar refractivity (Wildman–Crippen MR) is 124 cm³/mol. The number of methoxy groups -OCH3 is 1. The van der Waals surface area contributed by atoms with Crippen LogP contribution in [0.5, 0.6) is 0 Å². The molecule has 0 aliphatic heterocycles. The average molecular weight is 528 g/mol. The minimum atomic E-state index is -4.85. The number of carbonyl (C=O) groups is 2. The van der Waals surface area contributed by atoms with Crippen molar-refractivity contribution in [3.05, 3.63) is 53.7 Å². The van der Waals surface area contributed by atoms with Gasteiger partial charge < -0.3 is 20.9 Å². The van der Waals surface area contributed by atoms with Crippen LogP contribution in [0.3, 0.4) is 0 Å². The zero-order valence-electron chi connectivity index (χ0n) is 19.7. The second-order valence-electron chi connectivity index (χ2n) is 8.70. The van der Waals surface area contributed by atoms with Gasteiger partial charge in [-0.3, -0.25) is 4.79 Å². The first kappa shape index (κ1) is 27.8. The number of rotatable bonds is 6. The van der Waals surface area contributed by atoms with Crippen molar-refractivity contribution >= 4 is 28.5 Å². The minimum Gasteiger partial charge on any atom is -0.462 e. The first-order chi connectivity index (χ1) is 17.4. The van der Waals surface area contributed by atoms with Crippen molar-refractivity contribution in [1.29, 1.82) is 0 Å². The number of amides is 1. The summed E-state index contributed by atoms with van der Waals surface area (Å²) in [6, 6.07) is 6.88. The maximum atomic E-state index is 14.7. The van der Waals surface area contributed by atoms with E-state index >= 15 is 0 Å². The van der Waals surface area contributed by atoms with Gasteiger partial charge in [-0.2, -0.15) is 18.3 Å². The second kappa shape index (κ2) is 11.1. The van der Waals surface area contributed by atoms with Gasteiger partial charge in [0.1, 0.15) is 17.2 Å². The molecule has 8 nitrogen and oxygen atoms in total. The molecule has 1 aromatic heterocycles. The highest BCUT2D eigenvalue weighted by Gasteiger charge is 2.40. The lowest BCUT2D eigenvalue weighted by molar-refractivity contribution is -0.196. The van der Waals surface area contributed by atoms with Crippen LogP contribution in [-0.4, -0.2) is 53.2 Å². The second-order valence-corrected chi connectivity index (χ2v) is 8.70. The number of fused-ring (bicyclic) bond motifs is 1. The molecule has 0 bridgehead atoms. The van der Waals surface area contributed by atoms with Gasteiger partial charge >= 0.3 is 12.1 Å². The van der Waals surface area contributed by atoms with Gasteiger partial charge in [0.2, 0.25) is 0 Å². The third-order valence-electron chi connectivity index (χ3n) is 6.13. The van der Waals surface area contributed by atoms with Crippen LogP contribution in [0.4, 0.5) is 27.6 Å². The van der Waals surface area contributed by atoms with Crippen molar-refractivity contribution in [2.45, 2.75) is 31.9 Å². The molecule has 1 aliphatic rings. The van der Waals surface area contributed by atoms with Gasteiger partial charge in [-0.1, -0.05) is 12.8 Å². The van der Waals surface area contributed by atoms with Crippen molar-refractivity contribution in [2.24, 2.45) is 11.1 Å². The number of nitrogens with one attached hydrogen (secondary N) is 1. The lowest BCUT2D eigenvalue weighted by atomic mass is 9.87. The molecule has 1 aliphatic carbocycles. The lowest BCUT2D eigenvalue weighted by Gasteiger charge is -2.27. The lowest BCUT2D eigenvalue weighted by Crippen LogP contribution is -2.30. The largest absolute Gasteiger partial charge is 0.490 e. The van der Waals surface area contributed by atoms with Crippen LogP contribution in [0.15, 0.2) is 36.5 Å². The van der Waals surface area contributed by atoms with Crippen molar-refractivity contribution < 1.29 is 41.4 Å². The van der Waals surface area contributed by atoms with Crippen molar-refractivity contribution in [2.75, 3.05) is 25.6 Å². The first-order valence-corrected chi connectivity index (χ1v) is 11.2. The Morgan fingerprint density at radius 3 is 2.38 bits per heavy atom. The number of carbonyl (C=O) groups excluding carboxylic acids is 2. The number of ether oxygens (including phenoxy) is 1. The summed E-state index contributed by atoms with van der Waals surface area (Å²) in [5, 5.41) is 17.5. The number of hydrogen-bond donors (Lipinski definition) is 3. The highest BCUT2D eigenvalue weighted by Crippen LogP contribution is 2.38. The van der Waals surface area contributed by atoms with E-state index in [0.29, 0.717) is 30.4 Å². The summed E-state index contributed by atoms with van der Waals surface area (Å²) in [6.07, 6.45) is 0.666. The van der Waals surface area contributed by atoms with Gasteiger partial charge in [0.15, 0.2) is 0 Å². The van der Waals surface area contributed by atoms with Gasteiger partial charge in [-0.25, -0.2) is 18.3 Å². The Morgan fingerprint density at radius 1 is 1.19 bits per heavy atom. The molecule has 0 unspecified atom stereocenters. The van der Waals surface area contributed by atoms with E-state index in [-0.39, 0.29) is 23.1 Å². The maximum absolute atomic E-state index is 14.7. The summed E-state index contributed by atoms with van der Waals surface area (Å²) < 4.78 is 66.1. The van der Waals surface area contributed by atoms with E-state index < -0.39 is 29.7 Å². The zero-order valence-corrected chi connectivity index (χ0v) is 19.7. The Hall–Kier alpha value is -3.74. The van der Waals surface area contributed by atoms with E-state index in [1.807, 2.05) is 0 Å². The molecule has 1 fully saturated rings. The van der Waals surface area contributed by atoms with E-state index in [0.717, 1.165) is 31.7 Å². The Kier molecular flexibility index (Phi) is 8.36. The average Bonchev–Trinajstić information content (AvgIpc) is 3.49. The first-order valence-electron chi connectivity index (χ1n) is 11.2. The van der Waals surface area contributed by atoms with Crippen LogP contribution >= 0.6 is 0 Å². The number of aromatic nitrogens is 2. The van der Waals surface area contributed by atoms with Gasteiger partial charge in [-0.15, -0.1) is 0 Å². The molecule has 1 saturated carbocycles. The molecule has 4 rings (SSSR count). The highest BCUT2D eigenvalue weighted by atomic mass is 19.4. The van der Waals surface area contributed by atoms with E-state index in [4.69, 9.17) is 5.73 Å². The summed E-state index contributed by atoms with van der Waals surface area (Å²) in [4.78, 5) is 21.0. The molecule has 13 heteroatoms. The molecule has 0 atom stereocenters. The number of primary amides is 1. The third-order valence-corrected chi connectivity index (χ3v) is 6.13.